The molecule has 1 aliphatic rings. The van der Waals surface area contributed by atoms with E-state index in [1.807, 2.05) is 35.2 Å². The van der Waals surface area contributed by atoms with Crippen molar-refractivity contribution < 1.29 is 9.18 Å². The fourth-order valence-electron chi connectivity index (χ4n) is 3.56. The number of hydrogen-bond donors (Lipinski definition) is 0. The maximum Gasteiger partial charge on any atom is 0.254 e. The van der Waals surface area contributed by atoms with Crippen LogP contribution in [0.15, 0.2) is 54.6 Å². The van der Waals surface area contributed by atoms with E-state index < -0.39 is 0 Å². The number of halogens is 1. The fraction of sp³-hybridized carbons (Fsp3) is 0.273. The zero-order chi connectivity index (χ0) is 17.9. The van der Waals surface area contributed by atoms with Crippen molar-refractivity contribution in [1.29, 1.82) is 0 Å². The van der Waals surface area contributed by atoms with Crippen LogP contribution >= 0.6 is 0 Å². The van der Waals surface area contributed by atoms with Gasteiger partial charge in [-0.25, -0.2) is 9.37 Å². The van der Waals surface area contributed by atoms with Crippen LogP contribution in [0.4, 0.5) is 4.39 Å². The molecule has 1 aromatic heterocycles. The zero-order valence-electron chi connectivity index (χ0n) is 14.6. The summed E-state index contributed by atoms with van der Waals surface area (Å²) in [4.78, 5) is 19.9. The second-order valence-electron chi connectivity index (χ2n) is 6.79. The lowest BCUT2D eigenvalue weighted by atomic mass is 10.0. The van der Waals surface area contributed by atoms with E-state index in [-0.39, 0.29) is 11.7 Å². The van der Waals surface area contributed by atoms with Gasteiger partial charge in [-0.1, -0.05) is 31.0 Å². The maximum atomic E-state index is 13.3. The highest BCUT2D eigenvalue weighted by molar-refractivity contribution is 6.07. The highest BCUT2D eigenvalue weighted by atomic mass is 19.1. The van der Waals surface area contributed by atoms with E-state index in [0.717, 1.165) is 42.4 Å². The number of carbonyl (C=O) groups is 1. The number of para-hydroxylation sites is 1. The van der Waals surface area contributed by atoms with E-state index in [2.05, 4.69) is 4.98 Å². The Morgan fingerprint density at radius 1 is 0.923 bits per heavy atom. The van der Waals surface area contributed by atoms with Crippen molar-refractivity contribution >= 4 is 16.8 Å². The molecule has 0 radical (unpaired) electrons. The average molecular weight is 348 g/mol. The third kappa shape index (κ3) is 3.32. The van der Waals surface area contributed by atoms with Gasteiger partial charge in [-0.05, 0) is 49.2 Å². The second-order valence-corrected chi connectivity index (χ2v) is 6.79. The lowest BCUT2D eigenvalue weighted by Crippen LogP contribution is -2.32. The Hall–Kier alpha value is -2.75. The highest BCUT2D eigenvalue weighted by Crippen LogP contribution is 2.26. The van der Waals surface area contributed by atoms with Crippen LogP contribution in [-0.2, 0) is 0 Å². The lowest BCUT2D eigenvalue weighted by Gasteiger charge is -2.21. The fourth-order valence-corrected chi connectivity index (χ4v) is 3.56. The minimum atomic E-state index is -0.282. The molecule has 1 amide bonds. The first kappa shape index (κ1) is 16.7. The van der Waals surface area contributed by atoms with E-state index in [4.69, 9.17) is 0 Å². The first-order valence-corrected chi connectivity index (χ1v) is 9.17. The van der Waals surface area contributed by atoms with Crippen molar-refractivity contribution in [3.05, 3.63) is 66.0 Å². The Kier molecular flexibility index (Phi) is 4.65. The Morgan fingerprint density at radius 2 is 1.62 bits per heavy atom. The van der Waals surface area contributed by atoms with Gasteiger partial charge in [-0.3, -0.25) is 4.79 Å². The molecule has 0 atom stereocenters. The molecule has 3 aromatic rings. The van der Waals surface area contributed by atoms with Crippen LogP contribution in [0.1, 0.15) is 36.0 Å². The summed E-state index contributed by atoms with van der Waals surface area (Å²) in [6.45, 7) is 1.61. The molecule has 3 nitrogen and oxygen atoms in total. The van der Waals surface area contributed by atoms with Gasteiger partial charge in [-0.2, -0.15) is 0 Å². The summed E-state index contributed by atoms with van der Waals surface area (Å²) in [5.41, 5.74) is 2.97. The number of likely N-dealkylation sites (tertiary alicyclic amines) is 1. The number of carbonyl (C=O) groups excluding carboxylic acids is 1. The Labute approximate surface area is 152 Å². The van der Waals surface area contributed by atoms with Gasteiger partial charge < -0.3 is 4.90 Å². The summed E-state index contributed by atoms with van der Waals surface area (Å²) < 4.78 is 13.3. The van der Waals surface area contributed by atoms with Crippen molar-refractivity contribution in [2.75, 3.05) is 13.1 Å². The zero-order valence-corrected chi connectivity index (χ0v) is 14.6. The maximum absolute atomic E-state index is 13.3. The second kappa shape index (κ2) is 7.24. The van der Waals surface area contributed by atoms with E-state index in [0.29, 0.717) is 11.3 Å². The monoisotopic (exact) mass is 348 g/mol. The minimum Gasteiger partial charge on any atom is -0.339 e. The van der Waals surface area contributed by atoms with Crippen LogP contribution in [0.5, 0.6) is 0 Å². The van der Waals surface area contributed by atoms with Gasteiger partial charge in [0.1, 0.15) is 5.82 Å². The normalized spacial score (nSPS) is 15.0. The molecule has 1 fully saturated rings. The van der Waals surface area contributed by atoms with Gasteiger partial charge in [-0.15, -0.1) is 0 Å². The van der Waals surface area contributed by atoms with Gasteiger partial charge in [0.15, 0.2) is 0 Å². The molecule has 0 bridgehead atoms. The summed E-state index contributed by atoms with van der Waals surface area (Å²) in [5, 5.41) is 0.868. The van der Waals surface area contributed by atoms with E-state index in [1.54, 1.807) is 12.1 Å². The van der Waals surface area contributed by atoms with Crippen molar-refractivity contribution in [1.82, 2.24) is 9.88 Å². The number of rotatable bonds is 2. The minimum absolute atomic E-state index is 0.0638. The first-order chi connectivity index (χ1) is 12.7. The average Bonchev–Trinajstić information content (AvgIpc) is 2.96. The number of hydrogen-bond acceptors (Lipinski definition) is 2. The van der Waals surface area contributed by atoms with Crippen LogP contribution in [0.25, 0.3) is 22.2 Å². The standard InChI is InChI=1S/C22H21FN2O/c23-17-11-9-16(10-12-17)21-15-19(18-7-3-4-8-20(18)24-21)22(26)25-13-5-1-2-6-14-25/h3-4,7-12,15H,1-2,5-6,13-14H2. The van der Waals surface area contributed by atoms with Gasteiger partial charge in [0.2, 0.25) is 0 Å². The third-order valence-corrected chi connectivity index (χ3v) is 4.98. The largest absolute Gasteiger partial charge is 0.339 e. The highest BCUT2D eigenvalue weighted by Gasteiger charge is 2.20. The number of nitrogens with zero attached hydrogens (tertiary/aromatic N) is 2. The molecule has 132 valence electrons. The molecule has 0 aliphatic carbocycles. The topological polar surface area (TPSA) is 33.2 Å². The van der Waals surface area contributed by atoms with Crippen molar-refractivity contribution in [2.24, 2.45) is 0 Å². The molecule has 4 rings (SSSR count). The van der Waals surface area contributed by atoms with Crippen molar-refractivity contribution in [2.45, 2.75) is 25.7 Å². The number of benzene rings is 2. The molecule has 0 unspecified atom stereocenters. The Balaban J connectivity index is 1.81. The van der Waals surface area contributed by atoms with E-state index in [9.17, 15) is 9.18 Å². The molecule has 26 heavy (non-hydrogen) atoms. The summed E-state index contributed by atoms with van der Waals surface area (Å²) in [7, 11) is 0. The molecular weight excluding hydrogens is 327 g/mol. The Bertz CT molecular complexity index is 929. The van der Waals surface area contributed by atoms with Crippen molar-refractivity contribution in [3.63, 3.8) is 0 Å². The van der Waals surface area contributed by atoms with Gasteiger partial charge in [0.25, 0.3) is 5.91 Å². The summed E-state index contributed by atoms with van der Waals surface area (Å²) in [6, 6.07) is 15.8. The van der Waals surface area contributed by atoms with E-state index >= 15 is 0 Å². The SMILES string of the molecule is O=C(c1cc(-c2ccc(F)cc2)nc2ccccc12)N1CCCCCC1. The van der Waals surface area contributed by atoms with Crippen molar-refractivity contribution in [3.8, 4) is 11.3 Å². The predicted octanol–water partition coefficient (Wildman–Crippen LogP) is 5.06. The molecule has 1 saturated heterocycles. The van der Waals surface area contributed by atoms with Crippen LogP contribution in [0, 0.1) is 5.82 Å². The van der Waals surface area contributed by atoms with Gasteiger partial charge >= 0.3 is 0 Å². The van der Waals surface area contributed by atoms with Crippen LogP contribution in [0.3, 0.4) is 0 Å². The number of aromatic nitrogens is 1. The number of amides is 1. The molecule has 0 saturated carbocycles. The first-order valence-electron chi connectivity index (χ1n) is 9.17. The molecule has 2 heterocycles. The van der Waals surface area contributed by atoms with Crippen LogP contribution in [-0.4, -0.2) is 28.9 Å². The number of pyridine rings is 1. The molecule has 2 aromatic carbocycles. The van der Waals surface area contributed by atoms with E-state index in [1.165, 1.54) is 25.0 Å². The molecule has 0 N–H and O–H groups in total. The summed E-state index contributed by atoms with van der Waals surface area (Å²) >= 11 is 0. The third-order valence-electron chi connectivity index (χ3n) is 4.98. The predicted molar refractivity (Wildman–Crippen MR) is 102 cm³/mol. The Morgan fingerprint density at radius 3 is 2.35 bits per heavy atom. The van der Waals surface area contributed by atoms with Crippen LogP contribution in [0.2, 0.25) is 0 Å². The molecule has 4 heteroatoms. The summed E-state index contributed by atoms with van der Waals surface area (Å²) in [5.74, 6) is -0.218. The molecular formula is C22H21FN2O. The molecule has 0 spiro atoms. The summed E-state index contributed by atoms with van der Waals surface area (Å²) in [6.07, 6.45) is 4.47. The van der Waals surface area contributed by atoms with Crippen LogP contribution < -0.4 is 0 Å². The smallest absolute Gasteiger partial charge is 0.254 e. The lowest BCUT2D eigenvalue weighted by molar-refractivity contribution is 0.0763. The van der Waals surface area contributed by atoms with Gasteiger partial charge in [0, 0.05) is 24.0 Å². The van der Waals surface area contributed by atoms with Gasteiger partial charge in [0.05, 0.1) is 16.8 Å². The number of fused-ring (bicyclic) bond motifs is 1. The molecule has 1 aliphatic heterocycles. The quantitative estimate of drug-likeness (QED) is 0.649.